The van der Waals surface area contributed by atoms with E-state index in [1.165, 1.54) is 31.5 Å². The van der Waals surface area contributed by atoms with Gasteiger partial charge in [-0.15, -0.1) is 0 Å². The first-order valence-electron chi connectivity index (χ1n) is 7.66. The fourth-order valence-electron chi connectivity index (χ4n) is 2.81. The van der Waals surface area contributed by atoms with Crippen LogP contribution in [0.5, 0.6) is 5.75 Å². The highest BCUT2D eigenvalue weighted by molar-refractivity contribution is 6.30. The fraction of sp³-hybridized carbons (Fsp3) is 0.278. The number of aliphatic imine (C=N–C) groups is 1. The molecule has 0 amide bonds. The quantitative estimate of drug-likeness (QED) is 0.836. The Labute approximate surface area is 135 Å². The summed E-state index contributed by atoms with van der Waals surface area (Å²) in [6, 6.07) is 13.2. The molecule has 2 aromatic rings. The summed E-state index contributed by atoms with van der Waals surface area (Å²) in [5.41, 5.74) is 2.85. The van der Waals surface area contributed by atoms with Crippen LogP contribution in [0.1, 0.15) is 24.0 Å². The second-order valence-electron chi connectivity index (χ2n) is 5.76. The molecule has 0 aliphatic carbocycles. The van der Waals surface area contributed by atoms with Crippen molar-refractivity contribution in [2.45, 2.75) is 19.4 Å². The number of nitrogens with one attached hydrogen (secondary N) is 1. The van der Waals surface area contributed by atoms with Gasteiger partial charge in [-0.2, -0.15) is 0 Å². The molecule has 114 valence electrons. The van der Waals surface area contributed by atoms with E-state index in [0.29, 0.717) is 10.6 Å². The van der Waals surface area contributed by atoms with Gasteiger partial charge in [-0.1, -0.05) is 23.7 Å². The summed E-state index contributed by atoms with van der Waals surface area (Å²) in [5, 5.41) is 10.4. The Morgan fingerprint density at radius 3 is 2.55 bits per heavy atom. The Morgan fingerprint density at radius 2 is 1.82 bits per heavy atom. The molecule has 3 nitrogen and oxygen atoms in total. The molecule has 22 heavy (non-hydrogen) atoms. The third-order valence-corrected chi connectivity index (χ3v) is 4.28. The van der Waals surface area contributed by atoms with Crippen molar-refractivity contribution in [2.24, 2.45) is 4.99 Å². The van der Waals surface area contributed by atoms with Crippen LogP contribution in [0.2, 0.25) is 5.02 Å². The van der Waals surface area contributed by atoms with Crippen molar-refractivity contribution < 1.29 is 10.0 Å². The van der Waals surface area contributed by atoms with Crippen LogP contribution in [0.15, 0.2) is 47.5 Å². The molecule has 1 aliphatic rings. The largest absolute Gasteiger partial charge is 0.507 e. The second kappa shape index (κ2) is 6.95. The Kier molecular flexibility index (Phi) is 4.76. The zero-order valence-corrected chi connectivity index (χ0v) is 13.2. The summed E-state index contributed by atoms with van der Waals surface area (Å²) in [7, 11) is 0. The molecule has 0 atom stereocenters. The Balaban J connectivity index is 1.67. The maximum atomic E-state index is 9.76. The Morgan fingerprint density at radius 1 is 1.09 bits per heavy atom. The second-order valence-corrected chi connectivity index (χ2v) is 6.20. The summed E-state index contributed by atoms with van der Waals surface area (Å²) in [5.74, 6) is 0.183. The van der Waals surface area contributed by atoms with E-state index in [9.17, 15) is 5.11 Å². The van der Waals surface area contributed by atoms with Crippen molar-refractivity contribution in [3.05, 3.63) is 58.6 Å². The minimum absolute atomic E-state index is 0.183. The predicted molar refractivity (Wildman–Crippen MR) is 90.4 cm³/mol. The molecule has 1 fully saturated rings. The molecule has 0 bridgehead atoms. The first-order valence-corrected chi connectivity index (χ1v) is 8.03. The van der Waals surface area contributed by atoms with Gasteiger partial charge in [-0.05, 0) is 30.3 Å². The Bertz CT molecular complexity index is 661. The van der Waals surface area contributed by atoms with Crippen molar-refractivity contribution in [1.82, 2.24) is 0 Å². The monoisotopic (exact) mass is 315 g/mol. The highest BCUT2D eigenvalue weighted by Gasteiger charge is 2.15. The van der Waals surface area contributed by atoms with Crippen LogP contribution in [0.4, 0.5) is 5.69 Å². The van der Waals surface area contributed by atoms with Crippen molar-refractivity contribution in [3.63, 3.8) is 0 Å². The van der Waals surface area contributed by atoms with Crippen molar-refractivity contribution >= 4 is 23.5 Å². The van der Waals surface area contributed by atoms with Crippen molar-refractivity contribution in [2.75, 3.05) is 13.1 Å². The minimum atomic E-state index is 0.183. The number of benzene rings is 2. The van der Waals surface area contributed by atoms with E-state index < -0.39 is 0 Å². The van der Waals surface area contributed by atoms with E-state index in [2.05, 4.69) is 17.1 Å². The van der Waals surface area contributed by atoms with Crippen molar-refractivity contribution in [1.29, 1.82) is 0 Å². The summed E-state index contributed by atoms with van der Waals surface area (Å²) in [4.78, 5) is 6.07. The zero-order chi connectivity index (χ0) is 15.4. The van der Waals surface area contributed by atoms with Crippen LogP contribution in [0, 0.1) is 0 Å². The maximum Gasteiger partial charge on any atom is 0.124 e. The van der Waals surface area contributed by atoms with Gasteiger partial charge < -0.3 is 10.0 Å². The number of nitrogens with zero attached hydrogens (tertiary/aromatic N) is 1. The maximum absolute atomic E-state index is 9.76. The van der Waals surface area contributed by atoms with E-state index >= 15 is 0 Å². The molecule has 0 saturated carbocycles. The Hall–Kier alpha value is -1.84. The summed E-state index contributed by atoms with van der Waals surface area (Å²) in [6.45, 7) is 3.67. The standard InChI is InChI=1S/C18H19ClN2O/c19-16-5-8-18(22)15(11-16)12-20-17-6-3-14(4-7-17)13-21-9-1-2-10-21/h3-8,11-12,22H,1-2,9-10,13H2/p+1. The molecule has 0 radical (unpaired) electrons. The lowest BCUT2D eigenvalue weighted by atomic mass is 10.2. The van der Waals surface area contributed by atoms with Crippen LogP contribution in [-0.4, -0.2) is 24.4 Å². The molecule has 0 spiro atoms. The number of likely N-dealkylation sites (tertiary alicyclic amines) is 1. The van der Waals surface area contributed by atoms with Gasteiger partial charge in [0, 0.05) is 35.2 Å². The van der Waals surface area contributed by atoms with Gasteiger partial charge in [-0.3, -0.25) is 4.99 Å². The summed E-state index contributed by atoms with van der Waals surface area (Å²) >= 11 is 5.93. The molecular weight excluding hydrogens is 296 g/mol. The predicted octanol–water partition coefficient (Wildman–Crippen LogP) is 2.97. The molecule has 0 unspecified atom stereocenters. The van der Waals surface area contributed by atoms with Gasteiger partial charge in [-0.25, -0.2) is 0 Å². The number of halogens is 1. The highest BCUT2D eigenvalue weighted by Crippen LogP contribution is 2.21. The zero-order valence-electron chi connectivity index (χ0n) is 12.4. The van der Waals surface area contributed by atoms with Gasteiger partial charge in [0.25, 0.3) is 0 Å². The lowest BCUT2D eigenvalue weighted by Gasteiger charge is -2.11. The average Bonchev–Trinajstić information content (AvgIpc) is 3.03. The number of aromatic hydroxyl groups is 1. The van der Waals surface area contributed by atoms with E-state index in [4.69, 9.17) is 11.6 Å². The number of rotatable bonds is 4. The molecule has 1 aliphatic heterocycles. The van der Waals surface area contributed by atoms with Crippen LogP contribution >= 0.6 is 11.6 Å². The summed E-state index contributed by atoms with van der Waals surface area (Å²) < 4.78 is 0. The molecule has 0 aromatic heterocycles. The van der Waals surface area contributed by atoms with Crippen LogP contribution in [-0.2, 0) is 6.54 Å². The average molecular weight is 316 g/mol. The van der Waals surface area contributed by atoms with E-state index in [1.54, 1.807) is 29.3 Å². The molecule has 2 N–H and O–H groups in total. The SMILES string of the molecule is Oc1ccc(Cl)cc1C=Nc1ccc(C[NH+]2CCCC2)cc1. The number of phenols is 1. The normalized spacial score (nSPS) is 15.7. The summed E-state index contributed by atoms with van der Waals surface area (Å²) in [6.07, 6.45) is 4.34. The van der Waals surface area contributed by atoms with Gasteiger partial charge in [0.15, 0.2) is 0 Å². The fourth-order valence-corrected chi connectivity index (χ4v) is 2.99. The topological polar surface area (TPSA) is 37.0 Å². The lowest BCUT2D eigenvalue weighted by Crippen LogP contribution is -3.08. The lowest BCUT2D eigenvalue weighted by molar-refractivity contribution is -0.901. The van der Waals surface area contributed by atoms with Crippen LogP contribution in [0.25, 0.3) is 0 Å². The first kappa shape index (κ1) is 15.1. The van der Waals surface area contributed by atoms with Gasteiger partial charge >= 0.3 is 0 Å². The van der Waals surface area contributed by atoms with Crippen LogP contribution < -0.4 is 4.90 Å². The first-order chi connectivity index (χ1) is 10.7. The highest BCUT2D eigenvalue weighted by atomic mass is 35.5. The minimum Gasteiger partial charge on any atom is -0.507 e. The molecule has 1 heterocycles. The van der Waals surface area contributed by atoms with Gasteiger partial charge in [0.05, 0.1) is 18.8 Å². The number of phenolic OH excluding ortho intramolecular Hbond substituents is 1. The van der Waals surface area contributed by atoms with Gasteiger partial charge in [0.1, 0.15) is 12.3 Å². The molecular formula is C18H20ClN2O+. The smallest absolute Gasteiger partial charge is 0.124 e. The molecule has 4 heteroatoms. The number of quaternary nitrogens is 1. The van der Waals surface area contributed by atoms with Crippen molar-refractivity contribution in [3.8, 4) is 5.75 Å². The van der Waals surface area contributed by atoms with E-state index in [0.717, 1.165) is 12.2 Å². The van der Waals surface area contributed by atoms with Crippen LogP contribution in [0.3, 0.4) is 0 Å². The number of hydrogen-bond acceptors (Lipinski definition) is 2. The van der Waals surface area contributed by atoms with E-state index in [1.807, 2.05) is 12.1 Å². The molecule has 2 aromatic carbocycles. The third-order valence-electron chi connectivity index (χ3n) is 4.04. The number of hydrogen-bond donors (Lipinski definition) is 2. The third kappa shape index (κ3) is 3.87. The van der Waals surface area contributed by atoms with E-state index in [-0.39, 0.29) is 5.75 Å². The molecule has 1 saturated heterocycles. The van der Waals surface area contributed by atoms with Gasteiger partial charge in [0.2, 0.25) is 0 Å². The molecule has 3 rings (SSSR count).